The van der Waals surface area contributed by atoms with E-state index < -0.39 is 0 Å². The second-order valence-corrected chi connectivity index (χ2v) is 5.38. The summed E-state index contributed by atoms with van der Waals surface area (Å²) in [6, 6.07) is 12.2. The van der Waals surface area contributed by atoms with Crippen LogP contribution >= 0.6 is 0 Å². The fourth-order valence-electron chi connectivity index (χ4n) is 2.96. The zero-order valence-electron chi connectivity index (χ0n) is 11.9. The molecule has 2 heteroatoms. The summed E-state index contributed by atoms with van der Waals surface area (Å²) < 4.78 is 5.98. The highest BCUT2D eigenvalue weighted by Crippen LogP contribution is 2.34. The zero-order valence-corrected chi connectivity index (χ0v) is 11.9. The number of aryl methyl sites for hydroxylation is 2. The minimum absolute atomic E-state index is 0.252. The highest BCUT2D eigenvalue weighted by molar-refractivity contribution is 6.02. The number of rotatable bonds is 3. The molecule has 2 aromatic carbocycles. The van der Waals surface area contributed by atoms with E-state index in [1.54, 1.807) is 0 Å². The quantitative estimate of drug-likeness (QED) is 0.839. The van der Waals surface area contributed by atoms with Gasteiger partial charge < -0.3 is 4.74 Å². The van der Waals surface area contributed by atoms with E-state index in [9.17, 15) is 4.79 Å². The van der Waals surface area contributed by atoms with Gasteiger partial charge in [-0.15, -0.1) is 0 Å². The highest BCUT2D eigenvalue weighted by atomic mass is 16.5. The van der Waals surface area contributed by atoms with Crippen LogP contribution in [0.25, 0.3) is 0 Å². The molecule has 0 aromatic heterocycles. The first-order chi connectivity index (χ1) is 9.66. The molecule has 0 saturated heterocycles. The average molecular weight is 266 g/mol. The molecule has 1 aliphatic rings. The summed E-state index contributed by atoms with van der Waals surface area (Å²) >= 11 is 0. The van der Waals surface area contributed by atoms with Crippen molar-refractivity contribution < 1.29 is 9.53 Å². The number of fused-ring (bicyclic) bond motifs is 1. The summed E-state index contributed by atoms with van der Waals surface area (Å²) in [5.74, 6) is 1.12. The van der Waals surface area contributed by atoms with Gasteiger partial charge in [-0.25, -0.2) is 0 Å². The van der Waals surface area contributed by atoms with Gasteiger partial charge in [0.2, 0.25) is 0 Å². The van der Waals surface area contributed by atoms with Crippen LogP contribution in [-0.4, -0.2) is 5.78 Å². The lowest BCUT2D eigenvalue weighted by atomic mass is 9.99. The van der Waals surface area contributed by atoms with E-state index in [0.29, 0.717) is 13.0 Å². The van der Waals surface area contributed by atoms with Crippen LogP contribution in [0.2, 0.25) is 0 Å². The molecule has 2 nitrogen and oxygen atoms in total. The van der Waals surface area contributed by atoms with Crippen LogP contribution in [0.5, 0.6) is 5.75 Å². The highest BCUT2D eigenvalue weighted by Gasteiger charge is 2.24. The molecule has 0 saturated carbocycles. The summed E-state index contributed by atoms with van der Waals surface area (Å²) in [6.45, 7) is 4.58. The normalized spacial score (nSPS) is 13.4. The van der Waals surface area contributed by atoms with E-state index >= 15 is 0 Å². The monoisotopic (exact) mass is 266 g/mol. The van der Waals surface area contributed by atoms with E-state index in [0.717, 1.165) is 34.4 Å². The molecule has 0 unspecified atom stereocenters. The second kappa shape index (κ2) is 5.12. The molecule has 0 N–H and O–H groups in total. The first-order valence-corrected chi connectivity index (χ1v) is 7.00. The number of carbonyl (C=O) groups excluding carboxylic acids is 1. The number of hydrogen-bond acceptors (Lipinski definition) is 2. The van der Waals surface area contributed by atoms with Crippen LogP contribution in [0.1, 0.15) is 39.0 Å². The number of carbonyl (C=O) groups is 1. The molecule has 0 fully saturated rings. The van der Waals surface area contributed by atoms with Crippen LogP contribution in [0.15, 0.2) is 36.4 Å². The van der Waals surface area contributed by atoms with Gasteiger partial charge in [-0.2, -0.15) is 0 Å². The third-order valence-corrected chi connectivity index (χ3v) is 3.91. The summed E-state index contributed by atoms with van der Waals surface area (Å²) in [4.78, 5) is 12.0. The minimum Gasteiger partial charge on any atom is -0.488 e. The standard InChI is InChI=1S/C18H18O2/c1-12-10-15-8-9-16(19)17(15)13(2)18(12)20-11-14-6-4-3-5-7-14/h3-7,10H,8-9,11H2,1-2H3. The van der Waals surface area contributed by atoms with Crippen molar-refractivity contribution in [3.63, 3.8) is 0 Å². The maximum atomic E-state index is 12.0. The molecule has 2 aromatic rings. The van der Waals surface area contributed by atoms with Gasteiger partial charge in [-0.1, -0.05) is 36.4 Å². The Bertz CT molecular complexity index is 657. The van der Waals surface area contributed by atoms with E-state index in [1.165, 1.54) is 5.56 Å². The van der Waals surface area contributed by atoms with Gasteiger partial charge in [-0.05, 0) is 37.0 Å². The maximum absolute atomic E-state index is 12.0. The molecule has 0 radical (unpaired) electrons. The molecule has 20 heavy (non-hydrogen) atoms. The molecular formula is C18H18O2. The second-order valence-electron chi connectivity index (χ2n) is 5.38. The van der Waals surface area contributed by atoms with Crippen LogP contribution < -0.4 is 4.74 Å². The molecular weight excluding hydrogens is 248 g/mol. The molecule has 0 heterocycles. The first kappa shape index (κ1) is 12.9. The number of Topliss-reactive ketones (excluding diaryl/α,β-unsaturated/α-hetero) is 1. The Balaban J connectivity index is 1.91. The Kier molecular flexibility index (Phi) is 3.31. The molecule has 102 valence electrons. The Labute approximate surface area is 119 Å². The van der Waals surface area contributed by atoms with E-state index in [1.807, 2.05) is 37.3 Å². The van der Waals surface area contributed by atoms with Crippen molar-refractivity contribution in [3.8, 4) is 5.75 Å². The van der Waals surface area contributed by atoms with Gasteiger partial charge >= 0.3 is 0 Å². The molecule has 0 atom stereocenters. The van der Waals surface area contributed by atoms with Crippen molar-refractivity contribution in [2.75, 3.05) is 0 Å². The lowest BCUT2D eigenvalue weighted by Gasteiger charge is -2.15. The van der Waals surface area contributed by atoms with Gasteiger partial charge in [0, 0.05) is 17.5 Å². The zero-order chi connectivity index (χ0) is 14.1. The molecule has 0 amide bonds. The third-order valence-electron chi connectivity index (χ3n) is 3.91. The number of hydrogen-bond donors (Lipinski definition) is 0. The van der Waals surface area contributed by atoms with Gasteiger partial charge in [-0.3, -0.25) is 4.79 Å². The van der Waals surface area contributed by atoms with Crippen molar-refractivity contribution in [3.05, 3.63) is 64.2 Å². The third kappa shape index (κ3) is 2.22. The molecule has 1 aliphatic carbocycles. The number of ether oxygens (including phenoxy) is 1. The molecule has 0 bridgehead atoms. The average Bonchev–Trinajstić information content (AvgIpc) is 2.81. The predicted molar refractivity (Wildman–Crippen MR) is 79.3 cm³/mol. The van der Waals surface area contributed by atoms with Crippen LogP contribution in [0.4, 0.5) is 0 Å². The summed E-state index contributed by atoms with van der Waals surface area (Å²) in [6.07, 6.45) is 1.51. The molecule has 3 rings (SSSR count). The Morgan fingerprint density at radius 2 is 1.85 bits per heavy atom. The van der Waals surface area contributed by atoms with Crippen molar-refractivity contribution in [2.24, 2.45) is 0 Å². The van der Waals surface area contributed by atoms with Gasteiger partial charge in [0.05, 0.1) is 0 Å². The lowest BCUT2D eigenvalue weighted by molar-refractivity contribution is 0.0993. The molecule has 0 aliphatic heterocycles. The van der Waals surface area contributed by atoms with Crippen molar-refractivity contribution >= 4 is 5.78 Å². The van der Waals surface area contributed by atoms with Gasteiger partial charge in [0.15, 0.2) is 5.78 Å². The maximum Gasteiger partial charge on any atom is 0.163 e. The Morgan fingerprint density at radius 1 is 1.10 bits per heavy atom. The Morgan fingerprint density at radius 3 is 2.60 bits per heavy atom. The van der Waals surface area contributed by atoms with Gasteiger partial charge in [0.1, 0.15) is 12.4 Å². The largest absolute Gasteiger partial charge is 0.488 e. The van der Waals surface area contributed by atoms with Crippen molar-refractivity contribution in [1.29, 1.82) is 0 Å². The first-order valence-electron chi connectivity index (χ1n) is 7.00. The fourth-order valence-corrected chi connectivity index (χ4v) is 2.96. The van der Waals surface area contributed by atoms with Crippen LogP contribution in [0.3, 0.4) is 0 Å². The van der Waals surface area contributed by atoms with E-state index in [-0.39, 0.29) is 5.78 Å². The Hall–Kier alpha value is -2.09. The number of ketones is 1. The van der Waals surface area contributed by atoms with Crippen molar-refractivity contribution in [1.82, 2.24) is 0 Å². The minimum atomic E-state index is 0.252. The predicted octanol–water partition coefficient (Wildman–Crippen LogP) is 4.01. The van der Waals surface area contributed by atoms with Gasteiger partial charge in [0.25, 0.3) is 0 Å². The van der Waals surface area contributed by atoms with Crippen molar-refractivity contribution in [2.45, 2.75) is 33.3 Å². The van der Waals surface area contributed by atoms with Crippen LogP contribution in [-0.2, 0) is 13.0 Å². The summed E-state index contributed by atoms with van der Waals surface area (Å²) in [5.41, 5.74) is 5.32. The smallest absolute Gasteiger partial charge is 0.163 e. The fraction of sp³-hybridized carbons (Fsp3) is 0.278. The van der Waals surface area contributed by atoms with Crippen LogP contribution in [0, 0.1) is 13.8 Å². The summed E-state index contributed by atoms with van der Waals surface area (Å²) in [7, 11) is 0. The SMILES string of the molecule is Cc1cc2c(c(C)c1OCc1ccccc1)C(=O)CC2. The van der Waals surface area contributed by atoms with E-state index in [2.05, 4.69) is 13.0 Å². The lowest BCUT2D eigenvalue weighted by Crippen LogP contribution is -2.03. The van der Waals surface area contributed by atoms with E-state index in [4.69, 9.17) is 4.74 Å². The topological polar surface area (TPSA) is 26.3 Å². The molecule has 0 spiro atoms. The summed E-state index contributed by atoms with van der Waals surface area (Å²) in [5, 5.41) is 0. The number of benzene rings is 2.